The molecule has 0 aliphatic rings. The summed E-state index contributed by atoms with van der Waals surface area (Å²) in [6, 6.07) is 4.31. The molecule has 1 heterocycles. The first-order valence-electron chi connectivity index (χ1n) is 7.19. The van der Waals surface area contributed by atoms with Crippen LogP contribution in [0.4, 0.5) is 4.39 Å². The van der Waals surface area contributed by atoms with Crippen LogP contribution in [0.5, 0.6) is 0 Å². The molecule has 0 spiro atoms. The summed E-state index contributed by atoms with van der Waals surface area (Å²) >= 11 is 0. The van der Waals surface area contributed by atoms with Gasteiger partial charge in [-0.2, -0.15) is 5.10 Å². The van der Waals surface area contributed by atoms with Crippen LogP contribution in [-0.4, -0.2) is 39.7 Å². The largest absolute Gasteiger partial charge is 0.354 e. The second kappa shape index (κ2) is 8.02. The van der Waals surface area contributed by atoms with E-state index in [4.69, 9.17) is 0 Å². The number of rotatable bonds is 7. The van der Waals surface area contributed by atoms with Crippen molar-refractivity contribution in [2.75, 3.05) is 13.1 Å². The molecule has 0 atom stereocenters. The quantitative estimate of drug-likeness (QED) is 0.734. The molecule has 0 unspecified atom stereocenters. The molecule has 122 valence electrons. The maximum atomic E-state index is 13.4. The fourth-order valence-corrected chi connectivity index (χ4v) is 1.87. The zero-order valence-electron chi connectivity index (χ0n) is 12.8. The lowest BCUT2D eigenvalue weighted by atomic mass is 10.1. The Morgan fingerprint density at radius 1 is 1.26 bits per heavy atom. The van der Waals surface area contributed by atoms with Gasteiger partial charge in [0.2, 0.25) is 5.91 Å². The third-order valence-electron chi connectivity index (χ3n) is 3.20. The van der Waals surface area contributed by atoms with E-state index < -0.39 is 5.82 Å². The van der Waals surface area contributed by atoms with E-state index in [1.807, 2.05) is 0 Å². The Labute approximate surface area is 132 Å². The molecule has 7 nitrogen and oxygen atoms in total. The van der Waals surface area contributed by atoms with Crippen LogP contribution in [0.15, 0.2) is 30.9 Å². The maximum absolute atomic E-state index is 13.4. The van der Waals surface area contributed by atoms with Gasteiger partial charge in [0, 0.05) is 25.1 Å². The number of nitrogens with one attached hydrogen (secondary N) is 2. The molecule has 2 N–H and O–H groups in total. The standard InChI is InChI=1S/C15H18FN5O2/c1-11-2-3-12(8-13(11)16)15(23)19-6-5-18-14(22)4-7-21-10-17-9-20-21/h2-3,8-10H,4-7H2,1H3,(H,18,22)(H,19,23). The van der Waals surface area contributed by atoms with Crippen LogP contribution in [0, 0.1) is 12.7 Å². The Morgan fingerprint density at radius 2 is 2.04 bits per heavy atom. The van der Waals surface area contributed by atoms with Gasteiger partial charge in [0.05, 0.1) is 6.54 Å². The predicted octanol–water partition coefficient (Wildman–Crippen LogP) is 0.662. The zero-order valence-corrected chi connectivity index (χ0v) is 12.8. The summed E-state index contributed by atoms with van der Waals surface area (Å²) in [5.41, 5.74) is 0.742. The summed E-state index contributed by atoms with van der Waals surface area (Å²) in [6.45, 7) is 2.65. The topological polar surface area (TPSA) is 88.9 Å². The number of aryl methyl sites for hydroxylation is 2. The fraction of sp³-hybridized carbons (Fsp3) is 0.333. The number of nitrogens with zero attached hydrogens (tertiary/aromatic N) is 3. The number of halogens is 1. The van der Waals surface area contributed by atoms with Crippen molar-refractivity contribution in [1.82, 2.24) is 25.4 Å². The van der Waals surface area contributed by atoms with Crippen LogP contribution in [0.25, 0.3) is 0 Å². The van der Waals surface area contributed by atoms with E-state index in [1.54, 1.807) is 23.7 Å². The molecule has 0 saturated heterocycles. The monoisotopic (exact) mass is 319 g/mol. The highest BCUT2D eigenvalue weighted by Crippen LogP contribution is 2.08. The molecule has 1 aromatic carbocycles. The van der Waals surface area contributed by atoms with Crippen molar-refractivity contribution >= 4 is 11.8 Å². The molecule has 2 rings (SSSR count). The van der Waals surface area contributed by atoms with Crippen LogP contribution in [0.2, 0.25) is 0 Å². The van der Waals surface area contributed by atoms with Crippen molar-refractivity contribution in [3.63, 3.8) is 0 Å². The molecule has 0 fully saturated rings. The molecule has 0 aliphatic heterocycles. The summed E-state index contributed by atoms with van der Waals surface area (Å²) < 4.78 is 14.9. The molecule has 1 aromatic heterocycles. The lowest BCUT2D eigenvalue weighted by molar-refractivity contribution is -0.121. The van der Waals surface area contributed by atoms with Gasteiger partial charge >= 0.3 is 0 Å². The molecule has 0 aliphatic carbocycles. The van der Waals surface area contributed by atoms with Crippen molar-refractivity contribution in [2.24, 2.45) is 0 Å². The average molecular weight is 319 g/mol. The van der Waals surface area contributed by atoms with Gasteiger partial charge in [0.1, 0.15) is 18.5 Å². The second-order valence-electron chi connectivity index (χ2n) is 4.98. The van der Waals surface area contributed by atoms with Gasteiger partial charge in [-0.25, -0.2) is 9.37 Å². The first kappa shape index (κ1) is 16.6. The van der Waals surface area contributed by atoms with Crippen LogP contribution < -0.4 is 10.6 Å². The molecule has 2 amide bonds. The molecule has 2 aromatic rings. The van der Waals surface area contributed by atoms with Gasteiger partial charge in [0.15, 0.2) is 0 Å². The highest BCUT2D eigenvalue weighted by atomic mass is 19.1. The highest BCUT2D eigenvalue weighted by molar-refractivity contribution is 5.94. The number of aromatic nitrogens is 3. The molecule has 0 bridgehead atoms. The van der Waals surface area contributed by atoms with E-state index in [2.05, 4.69) is 20.7 Å². The summed E-state index contributed by atoms with van der Waals surface area (Å²) in [7, 11) is 0. The summed E-state index contributed by atoms with van der Waals surface area (Å²) in [5, 5.41) is 9.20. The maximum Gasteiger partial charge on any atom is 0.251 e. The lowest BCUT2D eigenvalue weighted by Crippen LogP contribution is -2.35. The molecule has 0 saturated carbocycles. The van der Waals surface area contributed by atoms with Gasteiger partial charge in [0.25, 0.3) is 5.91 Å². The number of benzene rings is 1. The number of hydrogen-bond acceptors (Lipinski definition) is 4. The van der Waals surface area contributed by atoms with E-state index in [0.29, 0.717) is 18.7 Å². The average Bonchev–Trinajstić information content (AvgIpc) is 3.05. The normalized spacial score (nSPS) is 10.3. The van der Waals surface area contributed by atoms with Gasteiger partial charge in [-0.3, -0.25) is 14.3 Å². The molecule has 23 heavy (non-hydrogen) atoms. The lowest BCUT2D eigenvalue weighted by Gasteiger charge is -2.08. The van der Waals surface area contributed by atoms with Crippen molar-refractivity contribution in [3.05, 3.63) is 47.8 Å². The van der Waals surface area contributed by atoms with Crippen LogP contribution >= 0.6 is 0 Å². The van der Waals surface area contributed by atoms with E-state index in [9.17, 15) is 14.0 Å². The van der Waals surface area contributed by atoms with E-state index >= 15 is 0 Å². The first-order valence-corrected chi connectivity index (χ1v) is 7.19. The molecule has 8 heteroatoms. The predicted molar refractivity (Wildman–Crippen MR) is 81.1 cm³/mol. The molecule has 0 radical (unpaired) electrons. The SMILES string of the molecule is Cc1ccc(C(=O)NCCNC(=O)CCn2cncn2)cc1F. The van der Waals surface area contributed by atoms with Crippen molar-refractivity contribution in [3.8, 4) is 0 Å². The Balaban J connectivity index is 1.65. The Kier molecular flexibility index (Phi) is 5.79. The minimum atomic E-state index is -0.418. The summed E-state index contributed by atoms with van der Waals surface area (Å²) in [5.74, 6) is -0.934. The Morgan fingerprint density at radius 3 is 2.74 bits per heavy atom. The molecular formula is C15H18FN5O2. The molecular weight excluding hydrogens is 301 g/mol. The fourth-order valence-electron chi connectivity index (χ4n) is 1.87. The number of amides is 2. The van der Waals surface area contributed by atoms with E-state index in [0.717, 1.165) is 0 Å². The second-order valence-corrected chi connectivity index (χ2v) is 4.98. The van der Waals surface area contributed by atoms with Crippen molar-refractivity contribution in [2.45, 2.75) is 19.9 Å². The van der Waals surface area contributed by atoms with Gasteiger partial charge < -0.3 is 10.6 Å². The minimum absolute atomic E-state index is 0.142. The van der Waals surface area contributed by atoms with E-state index in [-0.39, 0.29) is 30.3 Å². The van der Waals surface area contributed by atoms with Gasteiger partial charge in [-0.05, 0) is 24.6 Å². The van der Waals surface area contributed by atoms with Gasteiger partial charge in [-0.1, -0.05) is 6.07 Å². The van der Waals surface area contributed by atoms with Crippen LogP contribution in [0.1, 0.15) is 22.3 Å². The van der Waals surface area contributed by atoms with Crippen LogP contribution in [0.3, 0.4) is 0 Å². The third kappa shape index (κ3) is 5.17. The number of carbonyl (C=O) groups excluding carboxylic acids is 2. The smallest absolute Gasteiger partial charge is 0.251 e. The van der Waals surface area contributed by atoms with Crippen LogP contribution in [-0.2, 0) is 11.3 Å². The number of hydrogen-bond donors (Lipinski definition) is 2. The Bertz CT molecular complexity index is 673. The van der Waals surface area contributed by atoms with Crippen molar-refractivity contribution in [1.29, 1.82) is 0 Å². The van der Waals surface area contributed by atoms with Gasteiger partial charge in [-0.15, -0.1) is 0 Å². The summed E-state index contributed by atoms with van der Waals surface area (Å²) in [6.07, 6.45) is 3.22. The zero-order chi connectivity index (χ0) is 16.7. The van der Waals surface area contributed by atoms with Crippen molar-refractivity contribution < 1.29 is 14.0 Å². The summed E-state index contributed by atoms with van der Waals surface area (Å²) in [4.78, 5) is 27.2. The van der Waals surface area contributed by atoms with E-state index in [1.165, 1.54) is 18.7 Å². The Hall–Kier alpha value is -2.77. The first-order chi connectivity index (χ1) is 11.1. The minimum Gasteiger partial charge on any atom is -0.354 e. The number of carbonyl (C=O) groups is 2. The third-order valence-corrected chi connectivity index (χ3v) is 3.20. The highest BCUT2D eigenvalue weighted by Gasteiger charge is 2.08.